The highest BCUT2D eigenvalue weighted by Gasteiger charge is 2.32. The Hall–Kier alpha value is -5.27. The van der Waals surface area contributed by atoms with E-state index in [-0.39, 0.29) is 68.5 Å². The molecule has 14 heteroatoms. The molecule has 0 radical (unpaired) electrons. The van der Waals surface area contributed by atoms with E-state index in [1.807, 2.05) is 56.3 Å². The molecular weight excluding hydrogens is 676 g/mol. The number of hydrogen-bond donors (Lipinski definition) is 4. The second kappa shape index (κ2) is 19.0. The van der Waals surface area contributed by atoms with E-state index in [1.165, 1.54) is 9.58 Å². The van der Waals surface area contributed by atoms with Crippen LogP contribution in [-0.4, -0.2) is 88.0 Å². The largest absolute Gasteiger partial charge is 0.491 e. The third kappa shape index (κ3) is 12.4. The number of carbonyl (C=O) groups is 5. The molecule has 4 atom stereocenters. The summed E-state index contributed by atoms with van der Waals surface area (Å²) in [4.78, 5) is 73.2. The maximum Gasteiger partial charge on any atom is 0.243 e. The van der Waals surface area contributed by atoms with E-state index < -0.39 is 35.8 Å². The van der Waals surface area contributed by atoms with Crippen LogP contribution < -0.4 is 26.0 Å². The van der Waals surface area contributed by atoms with E-state index >= 15 is 0 Å². The SMILES string of the molecule is Cc1nc2n(n1)CC(=O)N[C@@H](CC(C)C)COc1ccc(cc1)C[C@@H](NC(=O)CCC(=O)N(C)C)C(=O)N[C@@H](Cc1ccccc1)C(=O)N[C@H]2C(C)C. The average Bonchev–Trinajstić information content (AvgIpc) is 3.46. The topological polar surface area (TPSA) is 177 Å². The van der Waals surface area contributed by atoms with Gasteiger partial charge in [0.1, 0.15) is 36.8 Å². The van der Waals surface area contributed by atoms with E-state index in [0.717, 1.165) is 11.1 Å². The van der Waals surface area contributed by atoms with E-state index in [0.29, 0.717) is 23.8 Å². The Bertz CT molecular complexity index is 1710. The molecule has 0 aliphatic carbocycles. The summed E-state index contributed by atoms with van der Waals surface area (Å²) >= 11 is 0. The lowest BCUT2D eigenvalue weighted by atomic mass is 10.00. The molecule has 0 saturated carbocycles. The van der Waals surface area contributed by atoms with Crippen LogP contribution in [0.3, 0.4) is 0 Å². The van der Waals surface area contributed by atoms with Crippen LogP contribution in [0.15, 0.2) is 54.6 Å². The van der Waals surface area contributed by atoms with Crippen LogP contribution in [0.1, 0.15) is 75.8 Å². The van der Waals surface area contributed by atoms with Gasteiger partial charge in [-0.05, 0) is 48.4 Å². The quantitative estimate of drug-likeness (QED) is 0.260. The number of ether oxygens (including phenoxy) is 1. The first-order valence-corrected chi connectivity index (χ1v) is 18.2. The van der Waals surface area contributed by atoms with E-state index in [4.69, 9.17) is 4.74 Å². The van der Waals surface area contributed by atoms with Crippen molar-refractivity contribution in [2.45, 2.75) is 97.4 Å². The number of aryl methyl sites for hydroxylation is 1. The molecule has 2 bridgehead atoms. The number of benzene rings is 2. The van der Waals surface area contributed by atoms with Crippen molar-refractivity contribution in [2.75, 3.05) is 20.7 Å². The zero-order valence-corrected chi connectivity index (χ0v) is 31.8. The highest BCUT2D eigenvalue weighted by atomic mass is 16.5. The smallest absolute Gasteiger partial charge is 0.243 e. The molecule has 5 rings (SSSR count). The summed E-state index contributed by atoms with van der Waals surface area (Å²) in [5.74, 6) is -0.428. The minimum atomic E-state index is -1.06. The summed E-state index contributed by atoms with van der Waals surface area (Å²) in [5.41, 5.74) is 1.55. The van der Waals surface area contributed by atoms with Gasteiger partial charge in [-0.15, -0.1) is 0 Å². The number of fused-ring (bicyclic) bond motifs is 14. The number of hydrogen-bond acceptors (Lipinski definition) is 8. The van der Waals surface area contributed by atoms with Gasteiger partial charge in [0.25, 0.3) is 0 Å². The fourth-order valence-corrected chi connectivity index (χ4v) is 6.15. The summed E-state index contributed by atoms with van der Waals surface area (Å²) in [5, 5.41) is 16.4. The Labute approximate surface area is 311 Å². The molecule has 4 N–H and O–H groups in total. The number of rotatable bonds is 9. The second-order valence-corrected chi connectivity index (χ2v) is 14.6. The van der Waals surface area contributed by atoms with Gasteiger partial charge in [0, 0.05) is 39.8 Å². The summed E-state index contributed by atoms with van der Waals surface area (Å²) in [6.07, 6.45) is 0.834. The summed E-state index contributed by atoms with van der Waals surface area (Å²) in [6, 6.07) is 13.4. The van der Waals surface area contributed by atoms with Gasteiger partial charge in [-0.3, -0.25) is 24.0 Å². The molecule has 0 spiro atoms. The van der Waals surface area contributed by atoms with Crippen molar-refractivity contribution in [1.82, 2.24) is 40.9 Å². The molecule has 53 heavy (non-hydrogen) atoms. The van der Waals surface area contributed by atoms with Crippen LogP contribution in [-0.2, 0) is 43.4 Å². The minimum Gasteiger partial charge on any atom is -0.491 e. The zero-order valence-electron chi connectivity index (χ0n) is 31.8. The van der Waals surface area contributed by atoms with Gasteiger partial charge >= 0.3 is 0 Å². The molecule has 0 unspecified atom stereocenters. The van der Waals surface area contributed by atoms with E-state index in [9.17, 15) is 24.0 Å². The Morgan fingerprint density at radius 3 is 2.28 bits per heavy atom. The molecule has 3 heterocycles. The minimum absolute atomic E-state index is 0.0167. The van der Waals surface area contributed by atoms with Gasteiger partial charge in [-0.25, -0.2) is 9.67 Å². The van der Waals surface area contributed by atoms with Crippen LogP contribution in [0.4, 0.5) is 0 Å². The normalized spacial score (nSPS) is 20.1. The Kier molecular flexibility index (Phi) is 14.5. The van der Waals surface area contributed by atoms with Crippen molar-refractivity contribution in [1.29, 1.82) is 0 Å². The molecule has 5 amide bonds. The number of carbonyl (C=O) groups excluding carboxylic acids is 5. The van der Waals surface area contributed by atoms with Crippen LogP contribution in [0.25, 0.3) is 0 Å². The van der Waals surface area contributed by atoms with Crippen molar-refractivity contribution < 1.29 is 28.7 Å². The summed E-state index contributed by atoms with van der Waals surface area (Å²) in [7, 11) is 3.23. The standard InChI is InChI=1S/C39H54N8O6/c1-24(2)19-29-23-53-30-15-13-28(14-16-30)21-31(42-33(48)17-18-35(50)46(6)7)38(51)43-32(20-27-11-9-8-10-12-27)39(52)44-36(25(3)4)37-40-26(5)45-47(37)22-34(49)41-29/h8-16,24-25,29,31-32,36H,17-23H2,1-7H3,(H,41,49)(H,42,48)(H,43,51)(H,44,52)/t29-,31+,32-,36-/m0/s1. The molecule has 2 aliphatic rings. The van der Waals surface area contributed by atoms with Crippen LogP contribution in [0.2, 0.25) is 0 Å². The maximum absolute atomic E-state index is 14.2. The molecule has 0 saturated heterocycles. The van der Waals surface area contributed by atoms with Gasteiger partial charge in [-0.2, -0.15) is 5.10 Å². The highest BCUT2D eigenvalue weighted by Crippen LogP contribution is 2.22. The predicted molar refractivity (Wildman–Crippen MR) is 199 cm³/mol. The molecule has 2 aromatic carbocycles. The lowest BCUT2D eigenvalue weighted by Gasteiger charge is -2.27. The highest BCUT2D eigenvalue weighted by molar-refractivity contribution is 5.93. The molecule has 286 valence electrons. The first-order chi connectivity index (χ1) is 25.2. The first kappa shape index (κ1) is 40.5. The lowest BCUT2D eigenvalue weighted by Crippen LogP contribution is -2.55. The number of nitrogens with zero attached hydrogens (tertiary/aromatic N) is 4. The third-order valence-corrected chi connectivity index (χ3v) is 8.91. The van der Waals surface area contributed by atoms with Crippen LogP contribution in [0.5, 0.6) is 5.75 Å². The molecule has 0 fully saturated rings. The molecular formula is C39H54N8O6. The molecule has 1 aromatic heterocycles. The number of amides is 5. The van der Waals surface area contributed by atoms with Gasteiger partial charge in [0.05, 0.1) is 12.1 Å². The van der Waals surface area contributed by atoms with Crippen molar-refractivity contribution >= 4 is 29.5 Å². The number of aromatic nitrogens is 3. The fourth-order valence-electron chi connectivity index (χ4n) is 6.15. The summed E-state index contributed by atoms with van der Waals surface area (Å²) in [6.45, 7) is 9.83. The second-order valence-electron chi connectivity index (χ2n) is 14.6. The van der Waals surface area contributed by atoms with E-state index in [1.54, 1.807) is 33.2 Å². The Morgan fingerprint density at radius 1 is 0.943 bits per heavy atom. The monoisotopic (exact) mass is 730 g/mol. The first-order valence-electron chi connectivity index (χ1n) is 18.2. The number of nitrogens with one attached hydrogen (secondary N) is 4. The summed E-state index contributed by atoms with van der Waals surface area (Å²) < 4.78 is 7.62. The fraction of sp³-hybridized carbons (Fsp3) is 0.513. The van der Waals surface area contributed by atoms with Gasteiger partial charge < -0.3 is 30.9 Å². The van der Waals surface area contributed by atoms with Crippen molar-refractivity contribution in [3.05, 3.63) is 77.4 Å². The molecule has 2 aliphatic heterocycles. The van der Waals surface area contributed by atoms with Crippen LogP contribution in [0, 0.1) is 18.8 Å². The Balaban J connectivity index is 1.73. The van der Waals surface area contributed by atoms with E-state index in [2.05, 4.69) is 45.2 Å². The van der Waals surface area contributed by atoms with Gasteiger partial charge in [0.2, 0.25) is 29.5 Å². The van der Waals surface area contributed by atoms with Gasteiger partial charge in [0.15, 0.2) is 5.82 Å². The zero-order chi connectivity index (χ0) is 38.7. The van der Waals surface area contributed by atoms with Crippen LogP contribution >= 0.6 is 0 Å². The van der Waals surface area contributed by atoms with Crippen molar-refractivity contribution in [3.8, 4) is 5.75 Å². The lowest BCUT2D eigenvalue weighted by molar-refractivity contribution is -0.134. The van der Waals surface area contributed by atoms with Crippen molar-refractivity contribution in [3.63, 3.8) is 0 Å². The van der Waals surface area contributed by atoms with Gasteiger partial charge in [-0.1, -0.05) is 70.2 Å². The molecule has 14 nitrogen and oxygen atoms in total. The maximum atomic E-state index is 14.2. The third-order valence-electron chi connectivity index (χ3n) is 8.91. The van der Waals surface area contributed by atoms with Crippen molar-refractivity contribution in [2.24, 2.45) is 11.8 Å². The average molecular weight is 731 g/mol. The Morgan fingerprint density at radius 2 is 1.64 bits per heavy atom. The molecule has 3 aromatic rings. The predicted octanol–water partition coefficient (Wildman–Crippen LogP) is 2.65.